The molecule has 1 amide bonds. The van der Waals surface area contributed by atoms with E-state index in [9.17, 15) is 4.79 Å². The summed E-state index contributed by atoms with van der Waals surface area (Å²) >= 11 is 0. The van der Waals surface area contributed by atoms with Gasteiger partial charge in [0.2, 0.25) is 11.8 Å². The summed E-state index contributed by atoms with van der Waals surface area (Å²) in [5.41, 5.74) is 3.51. The van der Waals surface area contributed by atoms with Crippen molar-refractivity contribution in [2.75, 3.05) is 18.4 Å². The first-order valence-corrected chi connectivity index (χ1v) is 7.65. The summed E-state index contributed by atoms with van der Waals surface area (Å²) in [6.07, 6.45) is 4.19. The van der Waals surface area contributed by atoms with E-state index in [1.54, 1.807) is 6.26 Å². The molecule has 3 rings (SSSR count). The Balaban J connectivity index is 1.65. The zero-order valence-electron chi connectivity index (χ0n) is 13.0. The first-order valence-electron chi connectivity index (χ1n) is 7.65. The van der Waals surface area contributed by atoms with Crippen molar-refractivity contribution in [2.45, 2.75) is 26.7 Å². The number of carbonyl (C=O) groups excluding carboxylic acids is 1. The van der Waals surface area contributed by atoms with E-state index in [0.29, 0.717) is 12.4 Å². The second-order valence-electron chi connectivity index (χ2n) is 5.95. The van der Waals surface area contributed by atoms with E-state index >= 15 is 0 Å². The molecule has 0 atom stereocenters. The number of anilines is 1. The number of aryl methyl sites for hydroxylation is 2. The summed E-state index contributed by atoms with van der Waals surface area (Å²) in [5, 5.41) is 6.14. The van der Waals surface area contributed by atoms with Crippen molar-refractivity contribution in [3.8, 4) is 11.5 Å². The van der Waals surface area contributed by atoms with Gasteiger partial charge in [0.15, 0.2) is 0 Å². The Hall–Kier alpha value is -2.14. The Morgan fingerprint density at radius 2 is 2.18 bits per heavy atom. The molecular weight excluding hydrogens is 278 g/mol. The fourth-order valence-electron chi connectivity index (χ4n) is 2.28. The van der Waals surface area contributed by atoms with Crippen molar-refractivity contribution in [3.05, 3.63) is 35.7 Å². The standard InChI is InChI=1S/C17H21N3O2/c1-11-3-6-14(17-19-12(2)10-22-17)7-15(11)20-16(21)9-18-8-13-4-5-13/h3,6-7,10,13,18H,4-5,8-9H2,1-2H3,(H,20,21). The summed E-state index contributed by atoms with van der Waals surface area (Å²) < 4.78 is 5.41. The van der Waals surface area contributed by atoms with Gasteiger partial charge >= 0.3 is 0 Å². The minimum atomic E-state index is -0.0236. The maximum absolute atomic E-state index is 12.0. The van der Waals surface area contributed by atoms with Gasteiger partial charge in [-0.3, -0.25) is 4.79 Å². The van der Waals surface area contributed by atoms with Crippen LogP contribution < -0.4 is 10.6 Å². The Kier molecular flexibility index (Phi) is 4.24. The molecule has 116 valence electrons. The number of rotatable bonds is 6. The molecule has 5 nitrogen and oxygen atoms in total. The van der Waals surface area contributed by atoms with Gasteiger partial charge in [-0.1, -0.05) is 6.07 Å². The van der Waals surface area contributed by atoms with Crippen LogP contribution in [0.4, 0.5) is 5.69 Å². The summed E-state index contributed by atoms with van der Waals surface area (Å²) in [6.45, 7) is 5.13. The van der Waals surface area contributed by atoms with Crippen molar-refractivity contribution in [3.63, 3.8) is 0 Å². The highest BCUT2D eigenvalue weighted by atomic mass is 16.3. The van der Waals surface area contributed by atoms with Crippen LogP contribution in [0.1, 0.15) is 24.1 Å². The summed E-state index contributed by atoms with van der Waals surface area (Å²) in [4.78, 5) is 16.3. The molecular formula is C17H21N3O2. The summed E-state index contributed by atoms with van der Waals surface area (Å²) in [5.74, 6) is 1.32. The van der Waals surface area contributed by atoms with Gasteiger partial charge in [0.1, 0.15) is 6.26 Å². The fourth-order valence-corrected chi connectivity index (χ4v) is 2.28. The molecule has 1 saturated carbocycles. The maximum Gasteiger partial charge on any atom is 0.238 e. The maximum atomic E-state index is 12.0. The molecule has 2 N–H and O–H groups in total. The predicted octanol–water partition coefficient (Wildman–Crippen LogP) is 2.90. The fraction of sp³-hybridized carbons (Fsp3) is 0.412. The number of hydrogen-bond donors (Lipinski definition) is 2. The van der Waals surface area contributed by atoms with Gasteiger partial charge in [0.25, 0.3) is 0 Å². The molecule has 0 unspecified atom stereocenters. The number of benzene rings is 1. The van der Waals surface area contributed by atoms with Crippen molar-refractivity contribution < 1.29 is 9.21 Å². The molecule has 1 aliphatic rings. The van der Waals surface area contributed by atoms with Crippen LogP contribution in [0, 0.1) is 19.8 Å². The van der Waals surface area contributed by atoms with Crippen molar-refractivity contribution in [2.24, 2.45) is 5.92 Å². The third-order valence-electron chi connectivity index (χ3n) is 3.79. The lowest BCUT2D eigenvalue weighted by molar-refractivity contribution is -0.115. The second-order valence-corrected chi connectivity index (χ2v) is 5.95. The van der Waals surface area contributed by atoms with E-state index in [4.69, 9.17) is 4.42 Å². The molecule has 1 aromatic carbocycles. The van der Waals surface area contributed by atoms with Crippen LogP contribution in [-0.2, 0) is 4.79 Å². The summed E-state index contributed by atoms with van der Waals surface area (Å²) in [7, 11) is 0. The number of aromatic nitrogens is 1. The molecule has 0 radical (unpaired) electrons. The van der Waals surface area contributed by atoms with Crippen LogP contribution in [0.25, 0.3) is 11.5 Å². The van der Waals surface area contributed by atoms with E-state index in [1.165, 1.54) is 12.8 Å². The molecule has 2 aromatic rings. The molecule has 22 heavy (non-hydrogen) atoms. The third-order valence-corrected chi connectivity index (χ3v) is 3.79. The minimum absolute atomic E-state index is 0.0236. The first-order chi connectivity index (χ1) is 10.6. The van der Waals surface area contributed by atoms with Crippen LogP contribution in [0.5, 0.6) is 0 Å². The van der Waals surface area contributed by atoms with Crippen molar-refractivity contribution in [1.82, 2.24) is 10.3 Å². The highest BCUT2D eigenvalue weighted by Gasteiger charge is 2.20. The Morgan fingerprint density at radius 3 is 2.86 bits per heavy atom. The zero-order valence-corrected chi connectivity index (χ0v) is 13.0. The molecule has 1 heterocycles. The Morgan fingerprint density at radius 1 is 1.36 bits per heavy atom. The number of hydrogen-bond acceptors (Lipinski definition) is 4. The topological polar surface area (TPSA) is 67.2 Å². The first kappa shape index (κ1) is 14.8. The molecule has 1 aromatic heterocycles. The van der Waals surface area contributed by atoms with Gasteiger partial charge < -0.3 is 15.1 Å². The molecule has 5 heteroatoms. The van der Waals surface area contributed by atoms with Gasteiger partial charge in [-0.2, -0.15) is 0 Å². The van der Waals surface area contributed by atoms with Crippen molar-refractivity contribution >= 4 is 11.6 Å². The molecule has 0 aliphatic heterocycles. The highest BCUT2D eigenvalue weighted by Crippen LogP contribution is 2.27. The highest BCUT2D eigenvalue weighted by molar-refractivity contribution is 5.93. The normalized spacial score (nSPS) is 14.1. The predicted molar refractivity (Wildman–Crippen MR) is 85.6 cm³/mol. The molecule has 0 saturated heterocycles. The van der Waals surface area contributed by atoms with Gasteiger partial charge in [-0.05, 0) is 56.8 Å². The van der Waals surface area contributed by atoms with Gasteiger partial charge in [-0.15, -0.1) is 0 Å². The third kappa shape index (κ3) is 3.74. The van der Waals surface area contributed by atoms with Crippen LogP contribution in [0.3, 0.4) is 0 Å². The van der Waals surface area contributed by atoms with Crippen LogP contribution in [0.2, 0.25) is 0 Å². The van der Waals surface area contributed by atoms with Crippen molar-refractivity contribution in [1.29, 1.82) is 0 Å². The number of oxazole rings is 1. The smallest absolute Gasteiger partial charge is 0.238 e. The molecule has 0 bridgehead atoms. The second kappa shape index (κ2) is 6.32. The van der Waals surface area contributed by atoms with Crippen LogP contribution >= 0.6 is 0 Å². The number of nitrogens with zero attached hydrogens (tertiary/aromatic N) is 1. The number of amides is 1. The van der Waals surface area contributed by atoms with E-state index < -0.39 is 0 Å². The lowest BCUT2D eigenvalue weighted by atomic mass is 10.1. The molecule has 1 fully saturated rings. The monoisotopic (exact) mass is 299 g/mol. The lowest BCUT2D eigenvalue weighted by Gasteiger charge is -2.10. The van der Waals surface area contributed by atoms with E-state index in [-0.39, 0.29) is 5.91 Å². The molecule has 1 aliphatic carbocycles. The average Bonchev–Trinajstić information content (AvgIpc) is 3.21. The van der Waals surface area contributed by atoms with E-state index in [0.717, 1.165) is 35.0 Å². The number of carbonyl (C=O) groups is 1. The van der Waals surface area contributed by atoms with E-state index in [2.05, 4.69) is 15.6 Å². The minimum Gasteiger partial charge on any atom is -0.444 e. The van der Waals surface area contributed by atoms with Gasteiger partial charge in [-0.25, -0.2) is 4.98 Å². The lowest BCUT2D eigenvalue weighted by Crippen LogP contribution is -2.29. The van der Waals surface area contributed by atoms with Gasteiger partial charge in [0, 0.05) is 11.3 Å². The van der Waals surface area contributed by atoms with E-state index in [1.807, 2.05) is 32.0 Å². The van der Waals surface area contributed by atoms with Crippen LogP contribution in [0.15, 0.2) is 28.9 Å². The SMILES string of the molecule is Cc1coc(-c2ccc(C)c(NC(=O)CNCC3CC3)c2)n1. The average molecular weight is 299 g/mol. The number of nitrogens with one attached hydrogen (secondary N) is 2. The Bertz CT molecular complexity index is 674. The molecule has 0 spiro atoms. The van der Waals surface area contributed by atoms with Gasteiger partial charge in [0.05, 0.1) is 12.2 Å². The quantitative estimate of drug-likeness (QED) is 0.860. The largest absolute Gasteiger partial charge is 0.444 e. The van der Waals surface area contributed by atoms with Crippen LogP contribution in [-0.4, -0.2) is 24.0 Å². The zero-order chi connectivity index (χ0) is 15.5. The Labute approximate surface area is 130 Å². The summed E-state index contributed by atoms with van der Waals surface area (Å²) in [6, 6.07) is 5.81.